The molecule has 0 unspecified atom stereocenters. The van der Waals surface area contributed by atoms with Gasteiger partial charge in [-0.05, 0) is 19.3 Å². The number of carbonyl (C=O) groups is 2. The summed E-state index contributed by atoms with van der Waals surface area (Å²) in [5.41, 5.74) is 0. The Balaban J connectivity index is 4.52. The molecule has 110 valence electrons. The summed E-state index contributed by atoms with van der Waals surface area (Å²) < 4.78 is 9.33. The van der Waals surface area contributed by atoms with Crippen LogP contribution >= 0.6 is 0 Å². The van der Waals surface area contributed by atoms with Gasteiger partial charge in [0.05, 0.1) is 14.2 Å². The lowest BCUT2D eigenvalue weighted by Crippen LogP contribution is -2.43. The van der Waals surface area contributed by atoms with E-state index in [2.05, 4.69) is 23.1 Å². The number of carbonyl (C=O) groups excluding carboxylic acids is 2. The predicted octanol–water partition coefficient (Wildman–Crippen LogP) is 1.82. The van der Waals surface area contributed by atoms with Crippen LogP contribution in [-0.2, 0) is 19.1 Å². The highest BCUT2D eigenvalue weighted by Crippen LogP contribution is 2.05. The lowest BCUT2D eigenvalue weighted by molar-refractivity contribution is -0.144. The first kappa shape index (κ1) is 17.6. The van der Waals surface area contributed by atoms with Crippen LogP contribution in [0.5, 0.6) is 0 Å². The van der Waals surface area contributed by atoms with Gasteiger partial charge in [-0.1, -0.05) is 26.0 Å². The van der Waals surface area contributed by atoms with E-state index in [-0.39, 0.29) is 24.4 Å². The molecule has 0 aromatic rings. The first-order valence-electron chi connectivity index (χ1n) is 6.66. The number of hydrogen-bond donors (Lipinski definition) is 1. The fourth-order valence-electron chi connectivity index (χ4n) is 1.64. The van der Waals surface area contributed by atoms with Gasteiger partial charge in [0.25, 0.3) is 0 Å². The third kappa shape index (κ3) is 7.62. The Hall–Kier alpha value is -1.36. The Morgan fingerprint density at radius 1 is 1.21 bits per heavy atom. The number of nitrogens with one attached hydrogen (secondary N) is 1. The van der Waals surface area contributed by atoms with E-state index in [1.54, 1.807) is 0 Å². The molecule has 0 saturated heterocycles. The minimum Gasteiger partial charge on any atom is -0.469 e. The number of methoxy groups -OCH3 is 2. The van der Waals surface area contributed by atoms with Crippen molar-refractivity contribution >= 4 is 11.9 Å². The monoisotopic (exact) mass is 271 g/mol. The van der Waals surface area contributed by atoms with Crippen molar-refractivity contribution in [3.8, 4) is 0 Å². The van der Waals surface area contributed by atoms with Gasteiger partial charge in [0, 0.05) is 12.5 Å². The molecule has 0 rings (SSSR count). The molecular formula is C14H25NO4. The summed E-state index contributed by atoms with van der Waals surface area (Å²) in [4.78, 5) is 22.8. The van der Waals surface area contributed by atoms with Gasteiger partial charge in [0.15, 0.2) is 0 Å². The summed E-state index contributed by atoms with van der Waals surface area (Å²) in [6.45, 7) is 4.09. The van der Waals surface area contributed by atoms with Gasteiger partial charge in [-0.15, -0.1) is 0 Å². The van der Waals surface area contributed by atoms with Crippen molar-refractivity contribution < 1.29 is 19.1 Å². The topological polar surface area (TPSA) is 64.6 Å². The van der Waals surface area contributed by atoms with Gasteiger partial charge < -0.3 is 9.47 Å². The van der Waals surface area contributed by atoms with Crippen LogP contribution in [0, 0.1) is 0 Å². The van der Waals surface area contributed by atoms with Gasteiger partial charge in [-0.3, -0.25) is 14.9 Å². The molecule has 0 aliphatic rings. The van der Waals surface area contributed by atoms with Crippen molar-refractivity contribution in [3.63, 3.8) is 0 Å². The molecule has 0 saturated carbocycles. The molecule has 5 heteroatoms. The number of hydrogen-bond acceptors (Lipinski definition) is 5. The highest BCUT2D eigenvalue weighted by molar-refractivity contribution is 5.77. The highest BCUT2D eigenvalue weighted by Gasteiger charge is 2.22. The maximum absolute atomic E-state index is 11.7. The van der Waals surface area contributed by atoms with E-state index in [0.29, 0.717) is 6.42 Å². The van der Waals surface area contributed by atoms with Gasteiger partial charge in [0.1, 0.15) is 6.04 Å². The van der Waals surface area contributed by atoms with Crippen LogP contribution in [0.4, 0.5) is 0 Å². The maximum Gasteiger partial charge on any atom is 0.322 e. The molecular weight excluding hydrogens is 246 g/mol. The highest BCUT2D eigenvalue weighted by atomic mass is 16.5. The van der Waals surface area contributed by atoms with Crippen LogP contribution in [0.15, 0.2) is 12.2 Å². The quantitative estimate of drug-likeness (QED) is 0.512. The summed E-state index contributed by atoms with van der Waals surface area (Å²) in [6.07, 6.45) is 6.46. The Labute approximate surface area is 115 Å². The zero-order valence-corrected chi connectivity index (χ0v) is 12.3. The zero-order chi connectivity index (χ0) is 14.7. The molecule has 0 aliphatic heterocycles. The third-order valence-corrected chi connectivity index (χ3v) is 2.81. The van der Waals surface area contributed by atoms with Crippen molar-refractivity contribution in [2.75, 3.05) is 14.2 Å². The summed E-state index contributed by atoms with van der Waals surface area (Å²) in [5.74, 6) is -0.680. The zero-order valence-electron chi connectivity index (χ0n) is 12.3. The standard InChI is InChI=1S/C14H25NO4/c1-5-7-8-11(6-2)15-12(14(17)19-4)9-10-13(16)18-3/h7-8,11-12,15H,5-6,9-10H2,1-4H3/b8-7+/t11-,12-/m0/s1. The third-order valence-electron chi connectivity index (χ3n) is 2.81. The van der Waals surface area contributed by atoms with E-state index in [1.807, 2.05) is 13.0 Å². The molecule has 0 aromatic carbocycles. The smallest absolute Gasteiger partial charge is 0.322 e. The summed E-state index contributed by atoms with van der Waals surface area (Å²) >= 11 is 0. The molecule has 0 aromatic heterocycles. The maximum atomic E-state index is 11.7. The molecule has 0 spiro atoms. The summed E-state index contributed by atoms with van der Waals surface area (Å²) in [6, 6.07) is -0.391. The second-order valence-corrected chi connectivity index (χ2v) is 4.21. The first-order valence-corrected chi connectivity index (χ1v) is 6.66. The van der Waals surface area contributed by atoms with E-state index < -0.39 is 6.04 Å². The lowest BCUT2D eigenvalue weighted by Gasteiger charge is -2.21. The molecule has 19 heavy (non-hydrogen) atoms. The van der Waals surface area contributed by atoms with Crippen molar-refractivity contribution in [1.82, 2.24) is 5.32 Å². The largest absolute Gasteiger partial charge is 0.469 e. The van der Waals surface area contributed by atoms with E-state index in [9.17, 15) is 9.59 Å². The van der Waals surface area contributed by atoms with Crippen molar-refractivity contribution in [1.29, 1.82) is 0 Å². The predicted molar refractivity (Wildman–Crippen MR) is 73.7 cm³/mol. The molecule has 0 aliphatic carbocycles. The Morgan fingerprint density at radius 2 is 1.89 bits per heavy atom. The van der Waals surface area contributed by atoms with E-state index in [4.69, 9.17) is 4.74 Å². The van der Waals surface area contributed by atoms with Crippen molar-refractivity contribution in [2.45, 2.75) is 51.6 Å². The Kier molecular flexibility index (Phi) is 9.80. The van der Waals surface area contributed by atoms with E-state index in [1.165, 1.54) is 14.2 Å². The van der Waals surface area contributed by atoms with Crippen LogP contribution in [0.3, 0.4) is 0 Å². The molecule has 5 nitrogen and oxygen atoms in total. The van der Waals surface area contributed by atoms with Crippen LogP contribution < -0.4 is 5.32 Å². The number of ether oxygens (including phenoxy) is 2. The van der Waals surface area contributed by atoms with Crippen LogP contribution in [-0.4, -0.2) is 38.2 Å². The molecule has 0 radical (unpaired) electrons. The second kappa shape index (κ2) is 10.6. The minimum absolute atomic E-state index is 0.0988. The van der Waals surface area contributed by atoms with Crippen molar-refractivity contribution in [3.05, 3.63) is 12.2 Å². The number of esters is 2. The molecule has 0 amide bonds. The van der Waals surface area contributed by atoms with Crippen LogP contribution in [0.25, 0.3) is 0 Å². The van der Waals surface area contributed by atoms with E-state index >= 15 is 0 Å². The molecule has 0 fully saturated rings. The second-order valence-electron chi connectivity index (χ2n) is 4.21. The molecule has 0 heterocycles. The van der Waals surface area contributed by atoms with Crippen LogP contribution in [0.1, 0.15) is 39.5 Å². The molecule has 1 N–H and O–H groups in total. The average Bonchev–Trinajstić information content (AvgIpc) is 2.45. The van der Waals surface area contributed by atoms with Gasteiger partial charge in [0.2, 0.25) is 0 Å². The van der Waals surface area contributed by atoms with Gasteiger partial charge in [-0.25, -0.2) is 0 Å². The molecule has 0 bridgehead atoms. The van der Waals surface area contributed by atoms with Gasteiger partial charge >= 0.3 is 11.9 Å². The molecule has 2 atom stereocenters. The lowest BCUT2D eigenvalue weighted by atomic mass is 10.1. The number of allylic oxidation sites excluding steroid dienone is 1. The van der Waals surface area contributed by atoms with E-state index in [0.717, 1.165) is 12.8 Å². The van der Waals surface area contributed by atoms with Crippen LogP contribution in [0.2, 0.25) is 0 Å². The number of rotatable bonds is 9. The normalized spacial score (nSPS) is 14.1. The SMILES string of the molecule is CC/C=C/[C@H](CC)N[C@@H](CCC(=O)OC)C(=O)OC. The van der Waals surface area contributed by atoms with Gasteiger partial charge in [-0.2, -0.15) is 0 Å². The minimum atomic E-state index is -0.490. The first-order chi connectivity index (χ1) is 9.08. The Morgan fingerprint density at radius 3 is 2.37 bits per heavy atom. The van der Waals surface area contributed by atoms with Crippen molar-refractivity contribution in [2.24, 2.45) is 0 Å². The summed E-state index contributed by atoms with van der Waals surface area (Å²) in [5, 5.41) is 3.20. The fourth-order valence-corrected chi connectivity index (χ4v) is 1.64. The Bertz CT molecular complexity index is 302. The summed E-state index contributed by atoms with van der Waals surface area (Å²) in [7, 11) is 2.68. The fraction of sp³-hybridized carbons (Fsp3) is 0.714. The average molecular weight is 271 g/mol.